The minimum absolute atomic E-state index is 0.207. The summed E-state index contributed by atoms with van der Waals surface area (Å²) in [4.78, 5) is 2.47. The van der Waals surface area contributed by atoms with E-state index < -0.39 is 0 Å². The Morgan fingerprint density at radius 3 is 2.10 bits per heavy atom. The number of hydrogen-bond donors (Lipinski definition) is 1. The zero-order valence-electron chi connectivity index (χ0n) is 13.6. The van der Waals surface area contributed by atoms with Gasteiger partial charge in [0.25, 0.3) is 0 Å². The summed E-state index contributed by atoms with van der Waals surface area (Å²) in [6, 6.07) is 9.19. The Morgan fingerprint density at radius 1 is 1.10 bits per heavy atom. The molecule has 2 N–H and O–H groups in total. The molecule has 0 aliphatic rings. The van der Waals surface area contributed by atoms with Crippen LogP contribution in [-0.2, 0) is 0 Å². The zero-order chi connectivity index (χ0) is 15.1. The molecule has 1 aromatic carbocycles. The Balaban J connectivity index is 2.88. The second-order valence-corrected chi connectivity index (χ2v) is 5.57. The fraction of sp³-hybridized carbons (Fsp3) is 0.647. The lowest BCUT2D eigenvalue weighted by Crippen LogP contribution is -2.39. The average molecular weight is 278 g/mol. The van der Waals surface area contributed by atoms with Crippen molar-refractivity contribution >= 4 is 0 Å². The highest BCUT2D eigenvalue weighted by Gasteiger charge is 2.21. The van der Waals surface area contributed by atoms with Gasteiger partial charge in [0.05, 0.1) is 6.10 Å². The number of ether oxygens (including phenoxy) is 1. The lowest BCUT2D eigenvalue weighted by atomic mass is 10.0. The van der Waals surface area contributed by atoms with Gasteiger partial charge in [-0.25, -0.2) is 0 Å². The van der Waals surface area contributed by atoms with Crippen LogP contribution in [0.5, 0.6) is 5.75 Å². The maximum atomic E-state index is 6.02. The molecule has 0 bridgehead atoms. The van der Waals surface area contributed by atoms with Crippen molar-refractivity contribution in [3.63, 3.8) is 0 Å². The van der Waals surface area contributed by atoms with E-state index in [0.717, 1.165) is 18.7 Å². The molecule has 0 radical (unpaired) electrons. The molecule has 0 spiro atoms. The predicted octanol–water partition coefficient (Wildman–Crippen LogP) is 3.59. The molecule has 20 heavy (non-hydrogen) atoms. The summed E-state index contributed by atoms with van der Waals surface area (Å²) in [5.74, 6) is 0.922. The molecule has 0 heterocycles. The third kappa shape index (κ3) is 4.50. The van der Waals surface area contributed by atoms with Crippen molar-refractivity contribution in [2.24, 2.45) is 5.73 Å². The number of hydrogen-bond acceptors (Lipinski definition) is 3. The Hall–Kier alpha value is -1.06. The van der Waals surface area contributed by atoms with Gasteiger partial charge in [0.1, 0.15) is 5.75 Å². The summed E-state index contributed by atoms with van der Waals surface area (Å²) in [6.45, 7) is 12.4. The fourth-order valence-corrected chi connectivity index (χ4v) is 2.58. The van der Waals surface area contributed by atoms with Gasteiger partial charge in [-0.3, -0.25) is 4.90 Å². The molecule has 0 amide bonds. The molecule has 2 atom stereocenters. The van der Waals surface area contributed by atoms with Crippen molar-refractivity contribution in [3.05, 3.63) is 29.8 Å². The Bertz CT molecular complexity index is 375. The van der Waals surface area contributed by atoms with Crippen molar-refractivity contribution in [3.8, 4) is 5.75 Å². The molecule has 0 aliphatic carbocycles. The fourth-order valence-electron chi connectivity index (χ4n) is 2.58. The van der Waals surface area contributed by atoms with Crippen molar-refractivity contribution in [2.45, 2.75) is 59.2 Å². The van der Waals surface area contributed by atoms with Crippen LogP contribution in [0, 0.1) is 0 Å². The van der Waals surface area contributed by atoms with Gasteiger partial charge in [0.15, 0.2) is 0 Å². The van der Waals surface area contributed by atoms with Crippen LogP contribution in [0.2, 0.25) is 0 Å². The van der Waals surface area contributed by atoms with E-state index in [1.165, 1.54) is 5.56 Å². The van der Waals surface area contributed by atoms with Gasteiger partial charge < -0.3 is 10.5 Å². The molecule has 0 aliphatic heterocycles. The molecule has 1 aromatic rings. The number of benzene rings is 1. The van der Waals surface area contributed by atoms with Crippen LogP contribution >= 0.6 is 0 Å². The largest absolute Gasteiger partial charge is 0.491 e. The van der Waals surface area contributed by atoms with Crippen LogP contribution in [0.25, 0.3) is 0 Å². The number of nitrogens with two attached hydrogens (primary N) is 1. The molecule has 0 fully saturated rings. The predicted molar refractivity (Wildman–Crippen MR) is 86.1 cm³/mol. The first kappa shape index (κ1) is 17.0. The standard InChI is InChI=1S/C17H30N2O/c1-6-14(5)19(7-2)17(12-18)15-8-10-16(11-9-15)20-13(3)4/h8-11,13-14,17H,6-7,12,18H2,1-5H3. The van der Waals surface area contributed by atoms with Crippen LogP contribution < -0.4 is 10.5 Å². The second kappa shape index (κ2) is 8.28. The molecule has 2 unspecified atom stereocenters. The van der Waals surface area contributed by atoms with Crippen LogP contribution in [0.1, 0.15) is 52.6 Å². The van der Waals surface area contributed by atoms with Crippen molar-refractivity contribution in [2.75, 3.05) is 13.1 Å². The van der Waals surface area contributed by atoms with E-state index in [9.17, 15) is 0 Å². The van der Waals surface area contributed by atoms with E-state index in [-0.39, 0.29) is 12.1 Å². The lowest BCUT2D eigenvalue weighted by molar-refractivity contribution is 0.152. The van der Waals surface area contributed by atoms with Gasteiger partial charge in [-0.05, 0) is 51.4 Å². The number of rotatable bonds is 8. The van der Waals surface area contributed by atoms with Crippen LogP contribution in [-0.4, -0.2) is 30.1 Å². The third-order valence-corrected chi connectivity index (χ3v) is 3.78. The van der Waals surface area contributed by atoms with Gasteiger partial charge >= 0.3 is 0 Å². The van der Waals surface area contributed by atoms with E-state index in [1.807, 2.05) is 26.0 Å². The highest BCUT2D eigenvalue weighted by molar-refractivity contribution is 5.29. The number of likely N-dealkylation sites (N-methyl/N-ethyl adjacent to an activating group) is 1. The maximum Gasteiger partial charge on any atom is 0.119 e. The summed E-state index contributed by atoms with van der Waals surface area (Å²) in [7, 11) is 0. The molecule has 1 rings (SSSR count). The monoisotopic (exact) mass is 278 g/mol. The minimum Gasteiger partial charge on any atom is -0.491 e. The maximum absolute atomic E-state index is 6.02. The first-order valence-corrected chi connectivity index (χ1v) is 7.75. The van der Waals surface area contributed by atoms with Crippen LogP contribution in [0.15, 0.2) is 24.3 Å². The van der Waals surface area contributed by atoms with E-state index in [0.29, 0.717) is 12.6 Å². The Morgan fingerprint density at radius 2 is 1.70 bits per heavy atom. The van der Waals surface area contributed by atoms with Crippen molar-refractivity contribution < 1.29 is 4.74 Å². The summed E-state index contributed by atoms with van der Waals surface area (Å²) < 4.78 is 5.69. The number of nitrogens with zero attached hydrogens (tertiary/aromatic N) is 1. The molecule has 114 valence electrons. The highest BCUT2D eigenvalue weighted by atomic mass is 16.5. The molecule has 0 saturated heterocycles. The summed E-state index contributed by atoms with van der Waals surface area (Å²) >= 11 is 0. The lowest BCUT2D eigenvalue weighted by Gasteiger charge is -2.35. The summed E-state index contributed by atoms with van der Waals surface area (Å²) in [5, 5.41) is 0. The zero-order valence-corrected chi connectivity index (χ0v) is 13.6. The van der Waals surface area contributed by atoms with Crippen LogP contribution in [0.3, 0.4) is 0 Å². The summed E-state index contributed by atoms with van der Waals surface area (Å²) in [5.41, 5.74) is 7.29. The topological polar surface area (TPSA) is 38.5 Å². The van der Waals surface area contributed by atoms with E-state index >= 15 is 0 Å². The van der Waals surface area contributed by atoms with Gasteiger partial charge in [-0.15, -0.1) is 0 Å². The normalized spacial score (nSPS) is 14.6. The minimum atomic E-state index is 0.207. The third-order valence-electron chi connectivity index (χ3n) is 3.78. The molecular weight excluding hydrogens is 248 g/mol. The van der Waals surface area contributed by atoms with Gasteiger partial charge in [0.2, 0.25) is 0 Å². The van der Waals surface area contributed by atoms with E-state index in [1.54, 1.807) is 0 Å². The van der Waals surface area contributed by atoms with Crippen LogP contribution in [0.4, 0.5) is 0 Å². The molecule has 3 heteroatoms. The molecule has 0 aromatic heterocycles. The average Bonchev–Trinajstić information content (AvgIpc) is 2.44. The molecule has 3 nitrogen and oxygen atoms in total. The van der Waals surface area contributed by atoms with E-state index in [2.05, 4.69) is 37.8 Å². The summed E-state index contributed by atoms with van der Waals surface area (Å²) in [6.07, 6.45) is 1.34. The molecule has 0 saturated carbocycles. The highest BCUT2D eigenvalue weighted by Crippen LogP contribution is 2.25. The van der Waals surface area contributed by atoms with Gasteiger partial charge in [-0.1, -0.05) is 26.0 Å². The van der Waals surface area contributed by atoms with Crippen molar-refractivity contribution in [1.82, 2.24) is 4.90 Å². The Kier molecular flexibility index (Phi) is 7.03. The Labute approximate surface area is 124 Å². The first-order chi connectivity index (χ1) is 9.53. The van der Waals surface area contributed by atoms with Gasteiger partial charge in [-0.2, -0.15) is 0 Å². The van der Waals surface area contributed by atoms with E-state index in [4.69, 9.17) is 10.5 Å². The van der Waals surface area contributed by atoms with Gasteiger partial charge in [0, 0.05) is 18.6 Å². The molecular formula is C17H30N2O. The smallest absolute Gasteiger partial charge is 0.119 e. The quantitative estimate of drug-likeness (QED) is 0.789. The first-order valence-electron chi connectivity index (χ1n) is 7.75. The van der Waals surface area contributed by atoms with Crippen molar-refractivity contribution in [1.29, 1.82) is 0 Å². The second-order valence-electron chi connectivity index (χ2n) is 5.57. The SMILES string of the molecule is CCC(C)N(CC)C(CN)c1ccc(OC(C)C)cc1.